The summed E-state index contributed by atoms with van der Waals surface area (Å²) in [6.07, 6.45) is 14.9. The van der Waals surface area contributed by atoms with Gasteiger partial charge in [-0.2, -0.15) is 0 Å². The highest BCUT2D eigenvalue weighted by Gasteiger charge is 2.25. The van der Waals surface area contributed by atoms with Gasteiger partial charge in [0.05, 0.1) is 5.56 Å². The molecule has 0 aliphatic heterocycles. The predicted octanol–water partition coefficient (Wildman–Crippen LogP) is 7.50. The minimum absolute atomic E-state index is 0.0645. The second kappa shape index (κ2) is 11.2. The molecule has 3 rings (SSSR count). The summed E-state index contributed by atoms with van der Waals surface area (Å²) < 4.78 is 5.73. The Morgan fingerprint density at radius 1 is 0.929 bits per heavy atom. The Morgan fingerprint density at radius 2 is 1.57 bits per heavy atom. The first-order valence-electron chi connectivity index (χ1n) is 11.6. The van der Waals surface area contributed by atoms with Gasteiger partial charge in [-0.05, 0) is 86.8 Å². The summed E-state index contributed by atoms with van der Waals surface area (Å²) in [7, 11) is 0. The van der Waals surface area contributed by atoms with E-state index in [9.17, 15) is 4.79 Å². The van der Waals surface area contributed by atoms with Crippen LogP contribution < -0.4 is 0 Å². The van der Waals surface area contributed by atoms with Gasteiger partial charge in [0.2, 0.25) is 0 Å². The van der Waals surface area contributed by atoms with E-state index in [0.717, 1.165) is 37.5 Å². The molecule has 0 atom stereocenters. The van der Waals surface area contributed by atoms with Crippen LogP contribution in [0.1, 0.15) is 106 Å². The molecule has 0 spiro atoms. The van der Waals surface area contributed by atoms with Gasteiger partial charge in [-0.25, -0.2) is 4.79 Å². The van der Waals surface area contributed by atoms with Crippen LogP contribution in [0.2, 0.25) is 0 Å². The van der Waals surface area contributed by atoms with Gasteiger partial charge >= 0.3 is 5.97 Å². The molecule has 1 aromatic rings. The van der Waals surface area contributed by atoms with Crippen LogP contribution in [0, 0.1) is 11.8 Å². The van der Waals surface area contributed by atoms with Crippen LogP contribution in [0.15, 0.2) is 24.3 Å². The number of carbonyl (C=O) groups is 1. The van der Waals surface area contributed by atoms with Crippen LogP contribution in [0.25, 0.3) is 0 Å². The van der Waals surface area contributed by atoms with E-state index < -0.39 is 0 Å². The van der Waals surface area contributed by atoms with Crippen molar-refractivity contribution < 1.29 is 9.53 Å². The van der Waals surface area contributed by atoms with Crippen LogP contribution >= 0.6 is 11.6 Å². The van der Waals surface area contributed by atoms with Crippen molar-refractivity contribution in [3.63, 3.8) is 0 Å². The highest BCUT2D eigenvalue weighted by molar-refractivity contribution is 6.18. The molecular weight excluding hydrogens is 368 g/mol. The number of esters is 1. The van der Waals surface area contributed by atoms with Crippen molar-refractivity contribution in [1.29, 1.82) is 0 Å². The topological polar surface area (TPSA) is 26.3 Å². The van der Waals surface area contributed by atoms with Crippen molar-refractivity contribution in [2.45, 2.75) is 96.0 Å². The largest absolute Gasteiger partial charge is 0.459 e. The highest BCUT2D eigenvalue weighted by Crippen LogP contribution is 2.38. The van der Waals surface area contributed by atoms with Crippen LogP contribution in [0.3, 0.4) is 0 Å². The van der Waals surface area contributed by atoms with Crippen LogP contribution in [0.4, 0.5) is 0 Å². The van der Waals surface area contributed by atoms with E-state index in [0.29, 0.717) is 17.4 Å². The first-order valence-corrected chi connectivity index (χ1v) is 12.1. The summed E-state index contributed by atoms with van der Waals surface area (Å²) in [4.78, 5) is 12.5. The molecule has 2 aliphatic carbocycles. The third kappa shape index (κ3) is 6.24. The number of alkyl halides is 1. The van der Waals surface area contributed by atoms with E-state index in [-0.39, 0.29) is 12.1 Å². The fourth-order valence-corrected chi connectivity index (χ4v) is 5.29. The molecule has 28 heavy (non-hydrogen) atoms. The van der Waals surface area contributed by atoms with Gasteiger partial charge in [-0.1, -0.05) is 44.7 Å². The molecule has 0 aromatic heterocycles. The molecule has 0 amide bonds. The molecule has 2 fully saturated rings. The number of hydrogen-bond donors (Lipinski definition) is 0. The van der Waals surface area contributed by atoms with Crippen molar-refractivity contribution >= 4 is 17.6 Å². The summed E-state index contributed by atoms with van der Waals surface area (Å²) in [5.41, 5.74) is 2.09. The van der Waals surface area contributed by atoms with Gasteiger partial charge in [-0.3, -0.25) is 0 Å². The minimum atomic E-state index is -0.166. The zero-order valence-electron chi connectivity index (χ0n) is 17.5. The molecule has 2 saturated carbocycles. The molecule has 3 heteroatoms. The van der Waals surface area contributed by atoms with Gasteiger partial charge in [0, 0.05) is 5.88 Å². The highest BCUT2D eigenvalue weighted by atomic mass is 35.5. The maximum absolute atomic E-state index is 12.5. The van der Waals surface area contributed by atoms with E-state index in [1.807, 2.05) is 12.1 Å². The van der Waals surface area contributed by atoms with E-state index in [1.165, 1.54) is 56.9 Å². The van der Waals surface area contributed by atoms with Gasteiger partial charge in [-0.15, -0.1) is 11.6 Å². The summed E-state index contributed by atoms with van der Waals surface area (Å²) in [5.74, 6) is 2.75. The Hall–Kier alpha value is -1.02. The second-order valence-electron chi connectivity index (χ2n) is 9.04. The number of benzene rings is 1. The minimum Gasteiger partial charge on any atom is -0.459 e. The molecule has 0 radical (unpaired) electrons. The summed E-state index contributed by atoms with van der Waals surface area (Å²) >= 11 is 5.94. The Bertz CT molecular complexity index is 581. The SMILES string of the molecule is CCCCCC1CCC(c2ccc(C(=O)OC3CCC(CCl)CC3)cc2)CC1. The van der Waals surface area contributed by atoms with Crippen molar-refractivity contribution in [1.82, 2.24) is 0 Å². The van der Waals surface area contributed by atoms with E-state index in [4.69, 9.17) is 16.3 Å². The van der Waals surface area contributed by atoms with Crippen LogP contribution in [0.5, 0.6) is 0 Å². The predicted molar refractivity (Wildman–Crippen MR) is 117 cm³/mol. The second-order valence-corrected chi connectivity index (χ2v) is 9.35. The number of rotatable bonds is 8. The lowest BCUT2D eigenvalue weighted by Gasteiger charge is -2.29. The molecule has 1 aromatic carbocycles. The molecule has 2 aliphatic rings. The number of ether oxygens (including phenoxy) is 1. The maximum Gasteiger partial charge on any atom is 0.338 e. The monoisotopic (exact) mass is 404 g/mol. The van der Waals surface area contributed by atoms with Crippen molar-refractivity contribution in [2.75, 3.05) is 5.88 Å². The molecule has 0 unspecified atom stereocenters. The zero-order valence-corrected chi connectivity index (χ0v) is 18.3. The first kappa shape index (κ1) is 21.7. The Balaban J connectivity index is 1.44. The van der Waals surface area contributed by atoms with Crippen molar-refractivity contribution in [2.24, 2.45) is 11.8 Å². The third-order valence-corrected chi connectivity index (χ3v) is 7.40. The van der Waals surface area contributed by atoms with Crippen molar-refractivity contribution in [3.8, 4) is 0 Å². The molecule has 0 saturated heterocycles. The fourth-order valence-electron chi connectivity index (χ4n) is 4.98. The third-order valence-electron chi connectivity index (χ3n) is 6.97. The maximum atomic E-state index is 12.5. The van der Waals surface area contributed by atoms with Gasteiger partial charge in [0.25, 0.3) is 0 Å². The number of hydrogen-bond acceptors (Lipinski definition) is 2. The summed E-state index contributed by atoms with van der Waals surface area (Å²) in [5, 5.41) is 0. The molecule has 2 nitrogen and oxygen atoms in total. The van der Waals surface area contributed by atoms with E-state index in [1.54, 1.807) is 0 Å². The standard InChI is InChI=1S/C25H37ClO2/c1-2-3-4-5-19-6-10-21(11-7-19)22-12-14-23(15-13-22)25(27)28-24-16-8-20(18-26)9-17-24/h12-15,19-21,24H,2-11,16-18H2,1H3. The van der Waals surface area contributed by atoms with E-state index >= 15 is 0 Å². The smallest absolute Gasteiger partial charge is 0.338 e. The number of carbonyl (C=O) groups excluding carboxylic acids is 1. The molecule has 0 heterocycles. The normalized spacial score (nSPS) is 28.1. The van der Waals surface area contributed by atoms with Gasteiger partial charge < -0.3 is 4.74 Å². The first-order chi connectivity index (χ1) is 13.7. The summed E-state index contributed by atoms with van der Waals surface area (Å²) in [6, 6.07) is 8.25. The number of halogens is 1. The Kier molecular flexibility index (Phi) is 8.70. The molecule has 0 N–H and O–H groups in total. The Labute approximate surface area is 176 Å². The average molecular weight is 405 g/mol. The molecule has 156 valence electrons. The quantitative estimate of drug-likeness (QED) is 0.254. The van der Waals surface area contributed by atoms with Crippen LogP contribution in [-0.2, 0) is 4.74 Å². The fraction of sp³-hybridized carbons (Fsp3) is 0.720. The average Bonchev–Trinajstić information content (AvgIpc) is 2.75. The lowest BCUT2D eigenvalue weighted by atomic mass is 9.77. The molecule has 0 bridgehead atoms. The summed E-state index contributed by atoms with van der Waals surface area (Å²) in [6.45, 7) is 2.28. The van der Waals surface area contributed by atoms with Crippen LogP contribution in [-0.4, -0.2) is 18.0 Å². The van der Waals surface area contributed by atoms with Crippen molar-refractivity contribution in [3.05, 3.63) is 35.4 Å². The van der Waals surface area contributed by atoms with E-state index in [2.05, 4.69) is 19.1 Å². The lowest BCUT2D eigenvalue weighted by molar-refractivity contribution is 0.0175. The molecular formula is C25H37ClO2. The Morgan fingerprint density at radius 3 is 2.18 bits per heavy atom. The van der Waals surface area contributed by atoms with Gasteiger partial charge in [0.1, 0.15) is 6.10 Å². The van der Waals surface area contributed by atoms with Gasteiger partial charge in [0.15, 0.2) is 0 Å². The lowest BCUT2D eigenvalue weighted by Crippen LogP contribution is -2.25. The number of unbranched alkanes of at least 4 members (excludes halogenated alkanes) is 2. The zero-order chi connectivity index (χ0) is 19.8.